The van der Waals surface area contributed by atoms with Gasteiger partial charge in [0.15, 0.2) is 5.78 Å². The van der Waals surface area contributed by atoms with Crippen molar-refractivity contribution in [3.63, 3.8) is 0 Å². The van der Waals surface area contributed by atoms with Crippen LogP contribution in [-0.4, -0.2) is 5.78 Å². The molecule has 2 rings (SSSR count). The fraction of sp³-hybridized carbons (Fsp3) is 0. The van der Waals surface area contributed by atoms with Crippen molar-refractivity contribution >= 4 is 39.4 Å². The zero-order valence-corrected chi connectivity index (χ0v) is 12.9. The lowest BCUT2D eigenvalue weighted by molar-refractivity contribution is 0.104. The maximum Gasteiger partial charge on any atom is 0.185 e. The van der Waals surface area contributed by atoms with E-state index in [-0.39, 0.29) is 5.78 Å². The summed E-state index contributed by atoms with van der Waals surface area (Å²) in [6, 6.07) is 17.0. The Morgan fingerprint density at radius 2 is 1.75 bits per heavy atom. The predicted molar refractivity (Wildman–Crippen MR) is 87.9 cm³/mol. The number of hydrogen-bond acceptors (Lipinski definition) is 1. The summed E-state index contributed by atoms with van der Waals surface area (Å²) in [5.74, 6) is -0.0779. The number of carbonyl (C=O) groups is 1. The van der Waals surface area contributed by atoms with Crippen molar-refractivity contribution in [1.82, 2.24) is 0 Å². The minimum Gasteiger partial charge on any atom is -0.289 e. The van der Waals surface area contributed by atoms with Gasteiger partial charge >= 0.3 is 0 Å². The third kappa shape index (κ3) is 4.48. The summed E-state index contributed by atoms with van der Waals surface area (Å²) in [5.41, 5.74) is 1.62. The maximum atomic E-state index is 12.0. The quantitative estimate of drug-likeness (QED) is 0.407. The van der Waals surface area contributed by atoms with Gasteiger partial charge in [-0.15, -0.1) is 0 Å². The molecule has 20 heavy (non-hydrogen) atoms. The molecule has 0 spiro atoms. The monoisotopic (exact) mass is 346 g/mol. The summed E-state index contributed by atoms with van der Waals surface area (Å²) in [6.07, 6.45) is 4.90. The lowest BCUT2D eigenvalue weighted by atomic mass is 10.1. The first kappa shape index (κ1) is 14.8. The van der Waals surface area contributed by atoms with E-state index in [1.165, 1.54) is 6.08 Å². The van der Waals surface area contributed by atoms with E-state index >= 15 is 0 Å². The van der Waals surface area contributed by atoms with Crippen molar-refractivity contribution in [1.29, 1.82) is 0 Å². The van der Waals surface area contributed by atoms with E-state index in [0.29, 0.717) is 10.6 Å². The summed E-state index contributed by atoms with van der Waals surface area (Å²) in [7, 11) is 0. The topological polar surface area (TPSA) is 17.1 Å². The van der Waals surface area contributed by atoms with Crippen molar-refractivity contribution in [2.75, 3.05) is 0 Å². The Hall–Kier alpha value is -1.64. The van der Waals surface area contributed by atoms with E-state index in [9.17, 15) is 4.79 Å². The van der Waals surface area contributed by atoms with Crippen LogP contribution in [0.1, 0.15) is 15.9 Å². The van der Waals surface area contributed by atoms with Crippen LogP contribution in [0.5, 0.6) is 0 Å². The van der Waals surface area contributed by atoms with Gasteiger partial charge < -0.3 is 0 Å². The van der Waals surface area contributed by atoms with E-state index in [1.807, 2.05) is 48.5 Å². The van der Waals surface area contributed by atoms with Crippen molar-refractivity contribution < 1.29 is 4.79 Å². The molecule has 0 aliphatic heterocycles. The molecule has 0 aliphatic rings. The first-order valence-corrected chi connectivity index (χ1v) is 7.22. The fourth-order valence-corrected chi connectivity index (χ4v) is 2.24. The van der Waals surface area contributed by atoms with Gasteiger partial charge in [-0.05, 0) is 35.9 Å². The summed E-state index contributed by atoms with van der Waals surface area (Å²) in [5, 5.41) is 0.513. The molecule has 0 aliphatic carbocycles. The molecule has 0 saturated heterocycles. The number of benzene rings is 2. The number of halogens is 2. The highest BCUT2D eigenvalue weighted by Crippen LogP contribution is 2.14. The van der Waals surface area contributed by atoms with E-state index in [0.717, 1.165) is 10.0 Å². The highest BCUT2D eigenvalue weighted by Gasteiger charge is 2.01. The average Bonchev–Trinajstić information content (AvgIpc) is 2.46. The Morgan fingerprint density at radius 3 is 2.45 bits per heavy atom. The van der Waals surface area contributed by atoms with Gasteiger partial charge in [0.1, 0.15) is 0 Å². The number of hydrogen-bond donors (Lipinski definition) is 0. The highest BCUT2D eigenvalue weighted by molar-refractivity contribution is 9.10. The zero-order chi connectivity index (χ0) is 14.4. The Bertz CT molecular complexity index is 660. The smallest absolute Gasteiger partial charge is 0.185 e. The van der Waals surface area contributed by atoms with E-state index in [2.05, 4.69) is 15.9 Å². The van der Waals surface area contributed by atoms with Crippen LogP contribution >= 0.6 is 27.5 Å². The maximum absolute atomic E-state index is 12.0. The molecule has 3 heteroatoms. The number of carbonyl (C=O) groups excluding carboxylic acids is 1. The van der Waals surface area contributed by atoms with Gasteiger partial charge in [0.25, 0.3) is 0 Å². The second-order valence-electron chi connectivity index (χ2n) is 4.15. The molecule has 0 bridgehead atoms. The molecule has 0 unspecified atom stereocenters. The first-order valence-electron chi connectivity index (χ1n) is 6.05. The highest BCUT2D eigenvalue weighted by atomic mass is 79.9. The molecule has 0 N–H and O–H groups in total. The Labute approximate surface area is 131 Å². The van der Waals surface area contributed by atoms with Crippen molar-refractivity contribution in [3.05, 3.63) is 87.4 Å². The van der Waals surface area contributed by atoms with Crippen molar-refractivity contribution in [2.24, 2.45) is 0 Å². The third-order valence-electron chi connectivity index (χ3n) is 2.61. The Balaban J connectivity index is 2.09. The zero-order valence-electron chi connectivity index (χ0n) is 10.6. The molecule has 2 aromatic rings. The lowest BCUT2D eigenvalue weighted by Gasteiger charge is -1.96. The molecule has 2 aromatic carbocycles. The van der Waals surface area contributed by atoms with Crippen LogP contribution in [-0.2, 0) is 0 Å². The molecule has 0 atom stereocenters. The first-order chi connectivity index (χ1) is 9.65. The van der Waals surface area contributed by atoms with Gasteiger partial charge in [-0.25, -0.2) is 0 Å². The van der Waals surface area contributed by atoms with Crippen LogP contribution < -0.4 is 0 Å². The van der Waals surface area contributed by atoms with Gasteiger partial charge in [-0.1, -0.05) is 70.0 Å². The largest absolute Gasteiger partial charge is 0.289 e. The molecule has 0 fully saturated rings. The Morgan fingerprint density at radius 1 is 1.00 bits per heavy atom. The molecule has 100 valence electrons. The van der Waals surface area contributed by atoms with Crippen LogP contribution in [0.4, 0.5) is 0 Å². The van der Waals surface area contributed by atoms with Crippen LogP contribution in [0, 0.1) is 0 Å². The number of ketones is 1. The average molecular weight is 348 g/mol. The lowest BCUT2D eigenvalue weighted by Crippen LogP contribution is -1.93. The van der Waals surface area contributed by atoms with E-state index < -0.39 is 0 Å². The van der Waals surface area contributed by atoms with Crippen molar-refractivity contribution in [2.45, 2.75) is 0 Å². The van der Waals surface area contributed by atoms with Gasteiger partial charge in [0.2, 0.25) is 0 Å². The standard InChI is InChI=1S/C17H12BrClO/c18-15-8-4-7-14(12-15)17(20)10-9-16(19)11-13-5-2-1-3-6-13/h1-12H/b10-9+,16-11-. The third-order valence-corrected chi connectivity index (χ3v) is 3.34. The van der Waals surface area contributed by atoms with Crippen LogP contribution in [0.15, 0.2) is 76.3 Å². The molecule has 0 heterocycles. The molecule has 0 radical (unpaired) electrons. The summed E-state index contributed by atoms with van der Waals surface area (Å²) in [4.78, 5) is 12.0. The molecule has 0 saturated carbocycles. The SMILES string of the molecule is O=C(/C=C/C(Cl)=C/c1ccccc1)c1cccc(Br)c1. The number of rotatable bonds is 4. The predicted octanol–water partition coefficient (Wildman–Crippen LogP) is 5.47. The summed E-state index contributed by atoms with van der Waals surface area (Å²) >= 11 is 9.43. The number of allylic oxidation sites excluding steroid dienone is 3. The van der Waals surface area contributed by atoms with Crippen molar-refractivity contribution in [3.8, 4) is 0 Å². The van der Waals surface area contributed by atoms with Crippen LogP contribution in [0.2, 0.25) is 0 Å². The van der Waals surface area contributed by atoms with Gasteiger partial charge in [-0.3, -0.25) is 4.79 Å². The molecular weight excluding hydrogens is 336 g/mol. The minimum absolute atomic E-state index is 0.0779. The van der Waals surface area contributed by atoms with E-state index in [4.69, 9.17) is 11.6 Å². The second-order valence-corrected chi connectivity index (χ2v) is 5.50. The fourth-order valence-electron chi connectivity index (χ4n) is 1.65. The van der Waals surface area contributed by atoms with Crippen LogP contribution in [0.25, 0.3) is 6.08 Å². The van der Waals surface area contributed by atoms with Gasteiger partial charge in [0.05, 0.1) is 0 Å². The molecule has 0 amide bonds. The molecule has 1 nitrogen and oxygen atoms in total. The Kier molecular flexibility index (Phi) is 5.33. The summed E-state index contributed by atoms with van der Waals surface area (Å²) in [6.45, 7) is 0. The normalized spacial score (nSPS) is 11.8. The minimum atomic E-state index is -0.0779. The second kappa shape index (κ2) is 7.22. The summed E-state index contributed by atoms with van der Waals surface area (Å²) < 4.78 is 0.877. The molecule has 0 aromatic heterocycles. The van der Waals surface area contributed by atoms with E-state index in [1.54, 1.807) is 18.2 Å². The molecular formula is C17H12BrClO. The van der Waals surface area contributed by atoms with Gasteiger partial charge in [0, 0.05) is 15.1 Å². The van der Waals surface area contributed by atoms with Gasteiger partial charge in [-0.2, -0.15) is 0 Å². The van der Waals surface area contributed by atoms with Crippen LogP contribution in [0.3, 0.4) is 0 Å².